The van der Waals surface area contributed by atoms with Gasteiger partial charge in [0.15, 0.2) is 6.61 Å². The molecule has 0 aliphatic heterocycles. The minimum absolute atomic E-state index is 0.0362. The topological polar surface area (TPSA) is 108 Å². The first-order valence-electron chi connectivity index (χ1n) is 7.22. The number of ether oxygens (including phenoxy) is 2. The second kappa shape index (κ2) is 8.65. The van der Waals surface area contributed by atoms with Crippen molar-refractivity contribution in [1.29, 1.82) is 0 Å². The molecule has 2 rings (SSSR count). The van der Waals surface area contributed by atoms with E-state index in [-0.39, 0.29) is 11.3 Å². The number of hydrogen-bond donors (Lipinski definition) is 1. The molecule has 0 aliphatic carbocycles. The molecule has 8 nitrogen and oxygen atoms in total. The maximum atomic E-state index is 13.6. The number of carbonyl (C=O) groups excluding carboxylic acids is 2. The van der Waals surface area contributed by atoms with E-state index in [0.29, 0.717) is 0 Å². The van der Waals surface area contributed by atoms with Crippen LogP contribution in [-0.4, -0.2) is 30.0 Å². The van der Waals surface area contributed by atoms with Gasteiger partial charge in [0.05, 0.1) is 16.2 Å². The normalized spacial score (nSPS) is 10.4. The number of anilines is 1. The highest BCUT2D eigenvalue weighted by Crippen LogP contribution is 2.21. The van der Waals surface area contributed by atoms with Crippen LogP contribution in [0, 0.1) is 15.9 Å². The number of nitrogens with one attached hydrogen (secondary N) is 1. The Morgan fingerprint density at radius 1 is 1.15 bits per heavy atom. The first-order chi connectivity index (χ1) is 12.8. The number of alkyl halides is 2. The summed E-state index contributed by atoms with van der Waals surface area (Å²) in [5, 5.41) is 12.7. The molecular formula is C16H11F3N2O6. The molecule has 2 aromatic rings. The fraction of sp³-hybridized carbons (Fsp3) is 0.125. The highest BCUT2D eigenvalue weighted by atomic mass is 19.3. The third kappa shape index (κ3) is 5.70. The van der Waals surface area contributed by atoms with Crippen molar-refractivity contribution in [3.8, 4) is 5.75 Å². The van der Waals surface area contributed by atoms with E-state index >= 15 is 0 Å². The summed E-state index contributed by atoms with van der Waals surface area (Å²) >= 11 is 0. The molecule has 2 aromatic carbocycles. The van der Waals surface area contributed by atoms with Gasteiger partial charge >= 0.3 is 12.6 Å². The maximum absolute atomic E-state index is 13.6. The van der Waals surface area contributed by atoms with Gasteiger partial charge in [-0.15, -0.1) is 0 Å². The molecule has 0 aromatic heterocycles. The molecule has 0 radical (unpaired) electrons. The molecule has 0 saturated heterocycles. The van der Waals surface area contributed by atoms with Crippen molar-refractivity contribution in [1.82, 2.24) is 0 Å². The van der Waals surface area contributed by atoms with Crippen molar-refractivity contribution in [2.75, 3.05) is 11.9 Å². The number of nitro groups is 1. The van der Waals surface area contributed by atoms with E-state index in [1.54, 1.807) is 0 Å². The minimum Gasteiger partial charge on any atom is -0.452 e. The van der Waals surface area contributed by atoms with E-state index < -0.39 is 47.2 Å². The van der Waals surface area contributed by atoms with Crippen LogP contribution in [0.5, 0.6) is 5.75 Å². The number of nitrogens with zero attached hydrogens (tertiary/aromatic N) is 1. The summed E-state index contributed by atoms with van der Waals surface area (Å²) in [6, 6.07) is 7.07. The Kier molecular flexibility index (Phi) is 6.31. The second-order valence-electron chi connectivity index (χ2n) is 4.95. The van der Waals surface area contributed by atoms with Crippen LogP contribution in [0.4, 0.5) is 24.5 Å². The van der Waals surface area contributed by atoms with Crippen LogP contribution < -0.4 is 10.1 Å². The van der Waals surface area contributed by atoms with Crippen molar-refractivity contribution in [3.63, 3.8) is 0 Å². The number of non-ortho nitro benzene ring substituents is 1. The fourth-order valence-corrected chi connectivity index (χ4v) is 1.90. The number of amides is 1. The largest absolute Gasteiger partial charge is 0.452 e. The third-order valence-electron chi connectivity index (χ3n) is 3.08. The summed E-state index contributed by atoms with van der Waals surface area (Å²) in [5.41, 5.74) is -0.917. The summed E-state index contributed by atoms with van der Waals surface area (Å²) < 4.78 is 46.5. The summed E-state index contributed by atoms with van der Waals surface area (Å²) in [6.07, 6.45) is 0. The Balaban J connectivity index is 1.92. The van der Waals surface area contributed by atoms with E-state index in [4.69, 9.17) is 4.74 Å². The van der Waals surface area contributed by atoms with Crippen LogP contribution in [0.25, 0.3) is 0 Å². The van der Waals surface area contributed by atoms with Crippen LogP contribution in [0.1, 0.15) is 10.4 Å². The van der Waals surface area contributed by atoms with Gasteiger partial charge in [0.25, 0.3) is 11.6 Å². The Morgan fingerprint density at radius 2 is 1.81 bits per heavy atom. The van der Waals surface area contributed by atoms with E-state index in [1.165, 1.54) is 0 Å². The third-order valence-corrected chi connectivity index (χ3v) is 3.08. The van der Waals surface area contributed by atoms with Crippen molar-refractivity contribution in [3.05, 3.63) is 64.0 Å². The predicted molar refractivity (Wildman–Crippen MR) is 85.0 cm³/mol. The van der Waals surface area contributed by atoms with Crippen LogP contribution >= 0.6 is 0 Å². The standard InChI is InChI=1S/C16H11F3N2O6/c17-12-6-3-10(21(24)25)7-13(12)20-14(22)8-26-15(23)9-1-4-11(5-2-9)27-16(18)19/h1-7,16H,8H2,(H,20,22). The van der Waals surface area contributed by atoms with Crippen LogP contribution in [0.15, 0.2) is 42.5 Å². The number of hydrogen-bond acceptors (Lipinski definition) is 6. The van der Waals surface area contributed by atoms with Gasteiger partial charge in [0, 0.05) is 12.1 Å². The minimum atomic E-state index is -3.01. The van der Waals surface area contributed by atoms with Gasteiger partial charge in [-0.2, -0.15) is 8.78 Å². The van der Waals surface area contributed by atoms with Gasteiger partial charge in [0.1, 0.15) is 11.6 Å². The maximum Gasteiger partial charge on any atom is 0.387 e. The quantitative estimate of drug-likeness (QED) is 0.446. The van der Waals surface area contributed by atoms with E-state index in [1.807, 2.05) is 5.32 Å². The average molecular weight is 384 g/mol. The van der Waals surface area contributed by atoms with E-state index in [0.717, 1.165) is 42.5 Å². The number of carbonyl (C=O) groups is 2. The molecule has 0 bridgehead atoms. The molecule has 0 spiro atoms. The van der Waals surface area contributed by atoms with Gasteiger partial charge in [-0.25, -0.2) is 9.18 Å². The Bertz CT molecular complexity index is 858. The fourth-order valence-electron chi connectivity index (χ4n) is 1.90. The highest BCUT2D eigenvalue weighted by Gasteiger charge is 2.15. The molecule has 1 N–H and O–H groups in total. The monoisotopic (exact) mass is 384 g/mol. The van der Waals surface area contributed by atoms with Gasteiger partial charge in [-0.05, 0) is 30.3 Å². The summed E-state index contributed by atoms with van der Waals surface area (Å²) in [7, 11) is 0. The smallest absolute Gasteiger partial charge is 0.387 e. The van der Waals surface area contributed by atoms with Gasteiger partial charge in [-0.3, -0.25) is 14.9 Å². The predicted octanol–water partition coefficient (Wildman–Crippen LogP) is 3.13. The number of rotatable bonds is 7. The Labute approximate surface area is 149 Å². The first kappa shape index (κ1) is 19.7. The molecule has 0 aliphatic rings. The molecule has 0 unspecified atom stereocenters. The lowest BCUT2D eigenvalue weighted by Crippen LogP contribution is -2.21. The molecular weight excluding hydrogens is 373 g/mol. The molecule has 0 heterocycles. The Hall–Kier alpha value is -3.63. The number of nitro benzene ring substituents is 1. The molecule has 0 saturated carbocycles. The van der Waals surface area contributed by atoms with Gasteiger partial charge < -0.3 is 14.8 Å². The Morgan fingerprint density at radius 3 is 2.41 bits per heavy atom. The number of esters is 1. The number of benzene rings is 2. The zero-order valence-electron chi connectivity index (χ0n) is 13.4. The molecule has 0 atom stereocenters. The molecule has 142 valence electrons. The van der Waals surface area contributed by atoms with Crippen molar-refractivity contribution in [2.24, 2.45) is 0 Å². The van der Waals surface area contributed by atoms with Crippen LogP contribution in [-0.2, 0) is 9.53 Å². The van der Waals surface area contributed by atoms with Gasteiger partial charge in [-0.1, -0.05) is 0 Å². The van der Waals surface area contributed by atoms with Crippen molar-refractivity contribution in [2.45, 2.75) is 6.61 Å². The lowest BCUT2D eigenvalue weighted by Gasteiger charge is -2.08. The zero-order valence-corrected chi connectivity index (χ0v) is 13.4. The summed E-state index contributed by atoms with van der Waals surface area (Å²) in [4.78, 5) is 33.4. The van der Waals surface area contributed by atoms with Crippen molar-refractivity contribution < 1.29 is 37.2 Å². The molecule has 0 fully saturated rings. The molecule has 27 heavy (non-hydrogen) atoms. The first-order valence-corrected chi connectivity index (χ1v) is 7.22. The molecule has 1 amide bonds. The van der Waals surface area contributed by atoms with Gasteiger partial charge in [0.2, 0.25) is 0 Å². The lowest BCUT2D eigenvalue weighted by atomic mass is 10.2. The lowest BCUT2D eigenvalue weighted by molar-refractivity contribution is -0.384. The summed E-state index contributed by atoms with van der Waals surface area (Å²) in [6.45, 7) is -3.81. The number of halogens is 3. The SMILES string of the molecule is O=C(COC(=O)c1ccc(OC(F)F)cc1)Nc1cc([N+](=O)[O-])ccc1F. The van der Waals surface area contributed by atoms with Crippen LogP contribution in [0.3, 0.4) is 0 Å². The van der Waals surface area contributed by atoms with E-state index in [2.05, 4.69) is 4.74 Å². The molecule has 11 heteroatoms. The average Bonchev–Trinajstić information content (AvgIpc) is 2.61. The highest BCUT2D eigenvalue weighted by molar-refractivity contribution is 5.95. The summed E-state index contributed by atoms with van der Waals surface area (Å²) in [5.74, 6) is -2.94. The second-order valence-corrected chi connectivity index (χ2v) is 4.95. The zero-order chi connectivity index (χ0) is 20.0. The van der Waals surface area contributed by atoms with Crippen LogP contribution in [0.2, 0.25) is 0 Å². The van der Waals surface area contributed by atoms with Crippen molar-refractivity contribution >= 4 is 23.3 Å². The van der Waals surface area contributed by atoms with E-state index in [9.17, 15) is 32.9 Å².